The highest BCUT2D eigenvalue weighted by atomic mass is 35.5. The zero-order valence-electron chi connectivity index (χ0n) is 9.78. The van der Waals surface area contributed by atoms with Crippen molar-refractivity contribution in [3.05, 3.63) is 28.2 Å². The van der Waals surface area contributed by atoms with Crippen molar-refractivity contribution in [1.29, 1.82) is 0 Å². The lowest BCUT2D eigenvalue weighted by Crippen LogP contribution is -2.27. The lowest BCUT2D eigenvalue weighted by atomic mass is 10.3. The maximum Gasteiger partial charge on any atom is 0.221 e. The Balaban J connectivity index is 1.94. The van der Waals surface area contributed by atoms with Gasteiger partial charge in [-0.15, -0.1) is 11.3 Å². The van der Waals surface area contributed by atoms with Crippen LogP contribution in [-0.4, -0.2) is 24.0 Å². The van der Waals surface area contributed by atoms with Crippen molar-refractivity contribution >= 4 is 39.1 Å². The van der Waals surface area contributed by atoms with Gasteiger partial charge < -0.3 is 11.1 Å². The van der Waals surface area contributed by atoms with Crippen LogP contribution in [0.25, 0.3) is 10.2 Å². The van der Waals surface area contributed by atoms with Crippen molar-refractivity contribution in [3.63, 3.8) is 0 Å². The Kier molecular flexibility index (Phi) is 4.52. The van der Waals surface area contributed by atoms with Crippen LogP contribution in [0, 0.1) is 0 Å². The summed E-state index contributed by atoms with van der Waals surface area (Å²) in [6.45, 7) is 0.970. The number of nitrogens with two attached hydrogens (primary N) is 1. The van der Waals surface area contributed by atoms with Crippen LogP contribution >= 0.6 is 22.9 Å². The molecule has 2 rings (SSSR count). The van der Waals surface area contributed by atoms with Gasteiger partial charge >= 0.3 is 0 Å². The molecule has 0 saturated carbocycles. The molecular formula is C12H14ClN3OS. The minimum atomic E-state index is -0.0124. The molecule has 0 atom stereocenters. The summed E-state index contributed by atoms with van der Waals surface area (Å²) in [7, 11) is 0. The molecule has 0 fully saturated rings. The predicted octanol–water partition coefficient (Wildman–Crippen LogP) is 1.96. The van der Waals surface area contributed by atoms with E-state index >= 15 is 0 Å². The average molecular weight is 284 g/mol. The first kappa shape index (κ1) is 13.3. The average Bonchev–Trinajstić information content (AvgIpc) is 2.71. The summed E-state index contributed by atoms with van der Waals surface area (Å²) in [5, 5.41) is 4.50. The lowest BCUT2D eigenvalue weighted by Gasteiger charge is -2.01. The largest absolute Gasteiger partial charge is 0.356 e. The van der Waals surface area contributed by atoms with Crippen LogP contribution in [0.2, 0.25) is 5.02 Å². The van der Waals surface area contributed by atoms with Crippen LogP contribution < -0.4 is 11.1 Å². The summed E-state index contributed by atoms with van der Waals surface area (Å²) < 4.78 is 1.11. The SMILES string of the molecule is NCCC(=O)NCCc1nc2cc(Cl)ccc2s1. The number of carbonyl (C=O) groups excluding carboxylic acids is 1. The number of benzene rings is 1. The van der Waals surface area contributed by atoms with Crippen molar-refractivity contribution in [3.8, 4) is 0 Å². The summed E-state index contributed by atoms with van der Waals surface area (Å²) >= 11 is 7.53. The molecule has 0 bridgehead atoms. The molecule has 0 aliphatic heterocycles. The first-order chi connectivity index (χ1) is 8.69. The third-order valence-electron chi connectivity index (χ3n) is 2.43. The highest BCUT2D eigenvalue weighted by molar-refractivity contribution is 7.18. The summed E-state index contributed by atoms with van der Waals surface area (Å²) in [5.41, 5.74) is 6.21. The molecule has 1 aromatic carbocycles. The molecule has 1 aromatic heterocycles. The second kappa shape index (κ2) is 6.13. The van der Waals surface area contributed by atoms with Crippen molar-refractivity contribution in [2.75, 3.05) is 13.1 Å². The zero-order valence-corrected chi connectivity index (χ0v) is 11.4. The Morgan fingerprint density at radius 2 is 2.33 bits per heavy atom. The molecular weight excluding hydrogens is 270 g/mol. The summed E-state index contributed by atoms with van der Waals surface area (Å²) in [6.07, 6.45) is 1.10. The van der Waals surface area contributed by atoms with Crippen LogP contribution in [-0.2, 0) is 11.2 Å². The van der Waals surface area contributed by atoms with Gasteiger partial charge in [0.25, 0.3) is 0 Å². The van der Waals surface area contributed by atoms with Gasteiger partial charge in [0.2, 0.25) is 5.91 Å². The number of carbonyl (C=O) groups is 1. The fourth-order valence-corrected chi connectivity index (χ4v) is 2.70. The lowest BCUT2D eigenvalue weighted by molar-refractivity contribution is -0.120. The third-order valence-corrected chi connectivity index (χ3v) is 3.76. The Bertz CT molecular complexity index is 555. The van der Waals surface area contributed by atoms with Crippen LogP contribution in [0.3, 0.4) is 0 Å². The molecule has 0 saturated heterocycles. The van der Waals surface area contributed by atoms with Gasteiger partial charge in [0.05, 0.1) is 15.2 Å². The van der Waals surface area contributed by atoms with Gasteiger partial charge in [-0.2, -0.15) is 0 Å². The van der Waals surface area contributed by atoms with Crippen molar-refractivity contribution in [1.82, 2.24) is 10.3 Å². The van der Waals surface area contributed by atoms with E-state index in [2.05, 4.69) is 10.3 Å². The number of nitrogens with one attached hydrogen (secondary N) is 1. The molecule has 96 valence electrons. The highest BCUT2D eigenvalue weighted by Gasteiger charge is 2.05. The van der Waals surface area contributed by atoms with E-state index in [1.165, 1.54) is 0 Å². The predicted molar refractivity (Wildman–Crippen MR) is 75.0 cm³/mol. The number of aromatic nitrogens is 1. The molecule has 3 N–H and O–H groups in total. The quantitative estimate of drug-likeness (QED) is 0.881. The monoisotopic (exact) mass is 283 g/mol. The molecule has 0 spiro atoms. The Labute approximate surface area is 114 Å². The number of thiazole rings is 1. The van der Waals surface area contributed by atoms with Crippen LogP contribution in [0.15, 0.2) is 18.2 Å². The smallest absolute Gasteiger partial charge is 0.221 e. The second-order valence-electron chi connectivity index (χ2n) is 3.86. The molecule has 4 nitrogen and oxygen atoms in total. The van der Waals surface area contributed by atoms with Crippen LogP contribution in [0.4, 0.5) is 0 Å². The van der Waals surface area contributed by atoms with E-state index in [9.17, 15) is 4.79 Å². The van der Waals surface area contributed by atoms with Gasteiger partial charge in [-0.3, -0.25) is 4.79 Å². The van der Waals surface area contributed by atoms with E-state index in [0.29, 0.717) is 24.5 Å². The van der Waals surface area contributed by atoms with E-state index in [1.54, 1.807) is 11.3 Å². The molecule has 0 unspecified atom stereocenters. The van der Waals surface area contributed by atoms with Crippen molar-refractivity contribution < 1.29 is 4.79 Å². The van der Waals surface area contributed by atoms with E-state index in [0.717, 1.165) is 21.6 Å². The normalized spacial score (nSPS) is 10.8. The highest BCUT2D eigenvalue weighted by Crippen LogP contribution is 2.24. The molecule has 2 aromatic rings. The van der Waals surface area contributed by atoms with Crippen molar-refractivity contribution in [2.45, 2.75) is 12.8 Å². The fourth-order valence-electron chi connectivity index (χ4n) is 1.58. The van der Waals surface area contributed by atoms with Crippen LogP contribution in [0.5, 0.6) is 0 Å². The fraction of sp³-hybridized carbons (Fsp3) is 0.333. The van der Waals surface area contributed by atoms with Gasteiger partial charge in [-0.25, -0.2) is 4.98 Å². The Morgan fingerprint density at radius 3 is 3.11 bits per heavy atom. The molecule has 18 heavy (non-hydrogen) atoms. The minimum absolute atomic E-state index is 0.0124. The molecule has 0 aliphatic carbocycles. The summed E-state index contributed by atoms with van der Waals surface area (Å²) in [6, 6.07) is 5.67. The maximum absolute atomic E-state index is 11.2. The zero-order chi connectivity index (χ0) is 13.0. The maximum atomic E-state index is 11.2. The van der Waals surface area contributed by atoms with Gasteiger partial charge in [-0.1, -0.05) is 11.6 Å². The summed E-state index contributed by atoms with van der Waals surface area (Å²) in [5.74, 6) is -0.0124. The molecule has 6 heteroatoms. The standard InChI is InChI=1S/C12H14ClN3OS/c13-8-1-2-10-9(7-8)16-12(18-10)4-6-15-11(17)3-5-14/h1-2,7H,3-6,14H2,(H,15,17). The number of hydrogen-bond acceptors (Lipinski definition) is 4. The first-order valence-electron chi connectivity index (χ1n) is 5.71. The number of halogens is 1. The number of amides is 1. The second-order valence-corrected chi connectivity index (χ2v) is 5.41. The number of hydrogen-bond donors (Lipinski definition) is 2. The van der Waals surface area contributed by atoms with Gasteiger partial charge in [0.1, 0.15) is 0 Å². The number of fused-ring (bicyclic) bond motifs is 1. The Hall–Kier alpha value is -1.17. The minimum Gasteiger partial charge on any atom is -0.356 e. The van der Waals surface area contributed by atoms with Gasteiger partial charge in [0.15, 0.2) is 0 Å². The molecule has 0 radical (unpaired) electrons. The van der Waals surface area contributed by atoms with E-state index < -0.39 is 0 Å². The number of rotatable bonds is 5. The van der Waals surface area contributed by atoms with E-state index in [-0.39, 0.29) is 5.91 Å². The first-order valence-corrected chi connectivity index (χ1v) is 6.90. The van der Waals surface area contributed by atoms with Gasteiger partial charge in [0, 0.05) is 31.0 Å². The third kappa shape index (κ3) is 3.41. The molecule has 0 aliphatic rings. The van der Waals surface area contributed by atoms with E-state index in [1.807, 2.05) is 18.2 Å². The Morgan fingerprint density at radius 1 is 1.50 bits per heavy atom. The molecule has 1 heterocycles. The summed E-state index contributed by atoms with van der Waals surface area (Å²) in [4.78, 5) is 15.7. The van der Waals surface area contributed by atoms with Crippen LogP contribution in [0.1, 0.15) is 11.4 Å². The number of nitrogens with zero attached hydrogens (tertiary/aromatic N) is 1. The van der Waals surface area contributed by atoms with Crippen molar-refractivity contribution in [2.24, 2.45) is 5.73 Å². The topological polar surface area (TPSA) is 68.0 Å². The van der Waals surface area contributed by atoms with Gasteiger partial charge in [-0.05, 0) is 18.2 Å². The van der Waals surface area contributed by atoms with E-state index in [4.69, 9.17) is 17.3 Å². The molecule has 1 amide bonds.